The SMILES string of the molecule is COC(=O)c1cn([C@H]2C[C@@H](C(=O)NCCc3ccccc3)N(Cc3ccc(NC(C)=O)cc3)C2)nn1. The minimum atomic E-state index is -0.550. The minimum absolute atomic E-state index is 0.0448. The second-order valence-electron chi connectivity index (χ2n) is 8.81. The number of ether oxygens (including phenoxy) is 1. The number of aromatic nitrogens is 3. The third-order valence-electron chi connectivity index (χ3n) is 6.18. The molecule has 2 atom stereocenters. The zero-order valence-corrected chi connectivity index (χ0v) is 20.4. The summed E-state index contributed by atoms with van der Waals surface area (Å²) in [5, 5.41) is 13.9. The molecule has 188 valence electrons. The van der Waals surface area contributed by atoms with Gasteiger partial charge in [-0.25, -0.2) is 9.48 Å². The molecule has 2 aromatic carbocycles. The fourth-order valence-electron chi connectivity index (χ4n) is 4.40. The fourth-order valence-corrected chi connectivity index (χ4v) is 4.40. The van der Waals surface area contributed by atoms with Gasteiger partial charge in [0.15, 0.2) is 5.69 Å². The third-order valence-corrected chi connectivity index (χ3v) is 6.18. The number of amides is 2. The van der Waals surface area contributed by atoms with E-state index < -0.39 is 5.97 Å². The van der Waals surface area contributed by atoms with Crippen molar-refractivity contribution in [3.8, 4) is 0 Å². The molecule has 1 aliphatic heterocycles. The van der Waals surface area contributed by atoms with Crippen LogP contribution >= 0.6 is 0 Å². The Bertz CT molecular complexity index is 1190. The van der Waals surface area contributed by atoms with E-state index in [0.717, 1.165) is 23.2 Å². The second kappa shape index (κ2) is 11.6. The Kier molecular flexibility index (Phi) is 8.06. The smallest absolute Gasteiger partial charge is 0.360 e. The molecule has 4 rings (SSSR count). The van der Waals surface area contributed by atoms with E-state index in [4.69, 9.17) is 4.74 Å². The minimum Gasteiger partial charge on any atom is -0.464 e. The fraction of sp³-hybridized carbons (Fsp3) is 0.346. The van der Waals surface area contributed by atoms with E-state index in [9.17, 15) is 14.4 Å². The Labute approximate surface area is 209 Å². The monoisotopic (exact) mass is 490 g/mol. The highest BCUT2D eigenvalue weighted by Crippen LogP contribution is 2.29. The summed E-state index contributed by atoms with van der Waals surface area (Å²) >= 11 is 0. The van der Waals surface area contributed by atoms with Gasteiger partial charge in [0.25, 0.3) is 0 Å². The molecule has 0 spiro atoms. The molecule has 0 bridgehead atoms. The average Bonchev–Trinajstić information content (AvgIpc) is 3.53. The highest BCUT2D eigenvalue weighted by atomic mass is 16.5. The lowest BCUT2D eigenvalue weighted by Gasteiger charge is -2.23. The van der Waals surface area contributed by atoms with Gasteiger partial charge in [0.05, 0.1) is 25.4 Å². The van der Waals surface area contributed by atoms with E-state index in [-0.39, 0.29) is 29.6 Å². The number of hydrogen-bond acceptors (Lipinski definition) is 7. The number of rotatable bonds is 9. The van der Waals surface area contributed by atoms with Crippen LogP contribution < -0.4 is 10.6 Å². The van der Waals surface area contributed by atoms with Crippen LogP contribution in [0, 0.1) is 0 Å². The summed E-state index contributed by atoms with van der Waals surface area (Å²) in [6, 6.07) is 17.1. The number of anilines is 1. The molecule has 1 saturated heterocycles. The number of nitrogens with zero attached hydrogens (tertiary/aromatic N) is 4. The number of hydrogen-bond donors (Lipinski definition) is 2. The zero-order valence-electron chi connectivity index (χ0n) is 20.4. The first kappa shape index (κ1) is 25.1. The largest absolute Gasteiger partial charge is 0.464 e. The first-order valence-electron chi connectivity index (χ1n) is 11.9. The Morgan fingerprint density at radius 3 is 2.50 bits per heavy atom. The number of benzene rings is 2. The van der Waals surface area contributed by atoms with Crippen molar-refractivity contribution in [1.29, 1.82) is 0 Å². The predicted octanol–water partition coefficient (Wildman–Crippen LogP) is 2.20. The third kappa shape index (κ3) is 6.33. The molecule has 1 fully saturated rings. The molecular weight excluding hydrogens is 460 g/mol. The van der Waals surface area contributed by atoms with Crippen LogP contribution in [0.2, 0.25) is 0 Å². The molecular formula is C26H30N6O4. The van der Waals surface area contributed by atoms with Gasteiger partial charge in [0.1, 0.15) is 0 Å². The molecule has 2 amide bonds. The van der Waals surface area contributed by atoms with Gasteiger partial charge in [-0.15, -0.1) is 5.10 Å². The zero-order chi connectivity index (χ0) is 25.5. The molecule has 0 saturated carbocycles. The first-order chi connectivity index (χ1) is 17.4. The van der Waals surface area contributed by atoms with Gasteiger partial charge in [0.2, 0.25) is 11.8 Å². The Morgan fingerprint density at radius 1 is 1.06 bits per heavy atom. The standard InChI is InChI=1S/C26H30N6O4/c1-18(33)28-21-10-8-20(9-11-21)15-31-16-22(32-17-23(29-30-32)26(35)36-2)14-24(31)25(34)27-13-12-19-6-4-3-5-7-19/h3-11,17,22,24H,12-16H2,1-2H3,(H,27,34)(H,28,33)/t22-,24-/m0/s1. The van der Waals surface area contributed by atoms with Crippen LogP contribution in [0.4, 0.5) is 5.69 Å². The van der Waals surface area contributed by atoms with Crippen LogP contribution in [0.15, 0.2) is 60.8 Å². The van der Waals surface area contributed by atoms with E-state index in [0.29, 0.717) is 26.1 Å². The van der Waals surface area contributed by atoms with Gasteiger partial charge in [-0.1, -0.05) is 47.7 Å². The van der Waals surface area contributed by atoms with E-state index >= 15 is 0 Å². The van der Waals surface area contributed by atoms with E-state index in [1.54, 1.807) is 10.9 Å². The quantitative estimate of drug-likeness (QED) is 0.442. The second-order valence-corrected chi connectivity index (χ2v) is 8.81. The molecule has 36 heavy (non-hydrogen) atoms. The summed E-state index contributed by atoms with van der Waals surface area (Å²) in [7, 11) is 1.30. The number of carbonyl (C=O) groups is 3. The van der Waals surface area contributed by atoms with E-state index in [1.165, 1.54) is 14.0 Å². The molecule has 0 aliphatic carbocycles. The summed E-state index contributed by atoms with van der Waals surface area (Å²) < 4.78 is 6.37. The highest BCUT2D eigenvalue weighted by molar-refractivity contribution is 5.88. The molecule has 2 heterocycles. The van der Waals surface area contributed by atoms with Crippen molar-refractivity contribution in [3.63, 3.8) is 0 Å². The lowest BCUT2D eigenvalue weighted by atomic mass is 10.1. The van der Waals surface area contributed by atoms with Gasteiger partial charge in [-0.05, 0) is 36.1 Å². The van der Waals surface area contributed by atoms with Crippen LogP contribution in [0.3, 0.4) is 0 Å². The number of carbonyl (C=O) groups excluding carboxylic acids is 3. The summed E-state index contributed by atoms with van der Waals surface area (Å²) in [4.78, 5) is 38.4. The number of methoxy groups -OCH3 is 1. The maximum atomic E-state index is 13.2. The van der Waals surface area contributed by atoms with Crippen molar-refractivity contribution < 1.29 is 19.1 Å². The van der Waals surface area contributed by atoms with Gasteiger partial charge in [-0.3, -0.25) is 14.5 Å². The van der Waals surface area contributed by atoms with E-state index in [1.807, 2.05) is 54.6 Å². The Hall–Kier alpha value is -4.05. The van der Waals surface area contributed by atoms with Crippen LogP contribution in [0.5, 0.6) is 0 Å². The molecule has 3 aromatic rings. The number of nitrogens with one attached hydrogen (secondary N) is 2. The van der Waals surface area contributed by atoms with Crippen molar-refractivity contribution in [2.75, 3.05) is 25.5 Å². The molecule has 10 nitrogen and oxygen atoms in total. The lowest BCUT2D eigenvalue weighted by Crippen LogP contribution is -2.43. The van der Waals surface area contributed by atoms with Gasteiger partial charge < -0.3 is 15.4 Å². The molecule has 1 aromatic heterocycles. The molecule has 10 heteroatoms. The molecule has 0 unspecified atom stereocenters. The summed E-state index contributed by atoms with van der Waals surface area (Å²) in [6.07, 6.45) is 2.84. The van der Waals surface area contributed by atoms with Crippen molar-refractivity contribution >= 4 is 23.5 Å². The maximum absolute atomic E-state index is 13.2. The first-order valence-corrected chi connectivity index (χ1v) is 11.9. The molecule has 1 aliphatic rings. The molecule has 2 N–H and O–H groups in total. The van der Waals surface area contributed by atoms with Crippen molar-refractivity contribution in [3.05, 3.63) is 77.6 Å². The lowest BCUT2D eigenvalue weighted by molar-refractivity contribution is -0.125. The van der Waals surface area contributed by atoms with Crippen LogP contribution in [0.1, 0.15) is 41.0 Å². The van der Waals surface area contributed by atoms with Crippen molar-refractivity contribution in [1.82, 2.24) is 25.2 Å². The normalized spacial score (nSPS) is 17.5. The van der Waals surface area contributed by atoms with Crippen molar-refractivity contribution in [2.24, 2.45) is 0 Å². The number of esters is 1. The maximum Gasteiger partial charge on any atom is 0.360 e. The van der Waals surface area contributed by atoms with Gasteiger partial charge in [-0.2, -0.15) is 0 Å². The van der Waals surface area contributed by atoms with Crippen LogP contribution in [-0.2, 0) is 27.3 Å². The summed E-state index contributed by atoms with van der Waals surface area (Å²) in [5.41, 5.74) is 3.03. The number of likely N-dealkylation sites (tertiary alicyclic amines) is 1. The highest BCUT2D eigenvalue weighted by Gasteiger charge is 2.38. The van der Waals surface area contributed by atoms with Crippen LogP contribution in [0.25, 0.3) is 0 Å². The topological polar surface area (TPSA) is 118 Å². The Balaban J connectivity index is 1.46. The van der Waals surface area contributed by atoms with Gasteiger partial charge in [0, 0.05) is 32.2 Å². The Morgan fingerprint density at radius 2 is 1.81 bits per heavy atom. The summed E-state index contributed by atoms with van der Waals surface area (Å²) in [5.74, 6) is -0.723. The summed E-state index contributed by atoms with van der Waals surface area (Å²) in [6.45, 7) is 3.12. The molecule has 0 radical (unpaired) electrons. The average molecular weight is 491 g/mol. The van der Waals surface area contributed by atoms with E-state index in [2.05, 4.69) is 25.8 Å². The van der Waals surface area contributed by atoms with Crippen LogP contribution in [-0.4, -0.2) is 63.9 Å². The van der Waals surface area contributed by atoms with Crippen molar-refractivity contribution in [2.45, 2.75) is 38.4 Å². The van der Waals surface area contributed by atoms with Gasteiger partial charge >= 0.3 is 5.97 Å². The predicted molar refractivity (Wildman–Crippen MR) is 133 cm³/mol.